The zero-order valence-electron chi connectivity index (χ0n) is 15.8. The van der Waals surface area contributed by atoms with E-state index in [2.05, 4.69) is 41.8 Å². The second-order valence-corrected chi connectivity index (χ2v) is 7.02. The molecule has 0 aliphatic rings. The van der Waals surface area contributed by atoms with Crippen LogP contribution in [0.15, 0.2) is 47.8 Å². The van der Waals surface area contributed by atoms with E-state index in [0.29, 0.717) is 19.2 Å². The molecule has 4 N–H and O–H groups in total. The lowest BCUT2D eigenvalue weighted by molar-refractivity contribution is -0.159. The lowest BCUT2D eigenvalue weighted by atomic mass is 10.2. The summed E-state index contributed by atoms with van der Waals surface area (Å²) < 4.78 is 5.55. The average molecular weight is 410 g/mol. The first-order chi connectivity index (χ1) is 13.3. The summed E-state index contributed by atoms with van der Waals surface area (Å²) in [6.07, 6.45) is -0.522. The summed E-state index contributed by atoms with van der Waals surface area (Å²) in [6, 6.07) is 14.1. The Hall–Kier alpha value is -2.46. The number of para-hydroxylation sites is 1. The molecule has 28 heavy (non-hydrogen) atoms. The predicted octanol–water partition coefficient (Wildman–Crippen LogP) is 1.54. The van der Waals surface area contributed by atoms with E-state index in [0.717, 1.165) is 12.3 Å². The van der Waals surface area contributed by atoms with Crippen molar-refractivity contribution in [3.63, 3.8) is 0 Å². The number of nitrogens with zero attached hydrogens (tertiary/aromatic N) is 1. The Labute approximate surface area is 168 Å². The standard InChI is InChI=1S/C17H24N2O2S.C2H2O4/c1-19(2)16(17-9-6-10-22-17)12-18-11-14(20)13-21-15-7-4-3-5-8-15;3-1(4)2(5)6/h3-10,14,16,18,20H,11-13H2,1-2H3;(H,3,4)(H,5,6). The normalized spacial score (nSPS) is 12.6. The quantitative estimate of drug-likeness (QED) is 0.460. The molecule has 0 radical (unpaired) electrons. The van der Waals surface area contributed by atoms with E-state index in [9.17, 15) is 5.11 Å². The van der Waals surface area contributed by atoms with E-state index in [1.807, 2.05) is 30.3 Å². The topological polar surface area (TPSA) is 119 Å². The third-order valence-corrected chi connectivity index (χ3v) is 4.55. The Kier molecular flexibility index (Phi) is 10.8. The molecule has 0 fully saturated rings. The van der Waals surface area contributed by atoms with Gasteiger partial charge in [-0.25, -0.2) is 9.59 Å². The number of carboxylic acid groups (broad SMARTS) is 2. The second-order valence-electron chi connectivity index (χ2n) is 6.04. The molecule has 8 nitrogen and oxygen atoms in total. The van der Waals surface area contributed by atoms with Crippen molar-refractivity contribution in [3.8, 4) is 5.75 Å². The predicted molar refractivity (Wildman–Crippen MR) is 107 cm³/mol. The van der Waals surface area contributed by atoms with Crippen LogP contribution in [0.2, 0.25) is 0 Å². The summed E-state index contributed by atoms with van der Waals surface area (Å²) in [5.74, 6) is -2.86. The lowest BCUT2D eigenvalue weighted by Gasteiger charge is -2.24. The summed E-state index contributed by atoms with van der Waals surface area (Å²) in [4.78, 5) is 21.7. The minimum atomic E-state index is -1.82. The molecule has 154 valence electrons. The largest absolute Gasteiger partial charge is 0.491 e. The number of hydrogen-bond acceptors (Lipinski definition) is 7. The Bertz CT molecular complexity index is 682. The molecule has 0 saturated heterocycles. The number of rotatable bonds is 9. The summed E-state index contributed by atoms with van der Waals surface area (Å²) >= 11 is 1.76. The number of hydrogen-bond donors (Lipinski definition) is 4. The van der Waals surface area contributed by atoms with E-state index in [1.54, 1.807) is 11.3 Å². The van der Waals surface area contributed by atoms with E-state index < -0.39 is 18.0 Å². The van der Waals surface area contributed by atoms with Gasteiger partial charge in [0.05, 0.1) is 6.04 Å². The number of carbonyl (C=O) groups is 2. The van der Waals surface area contributed by atoms with Crippen molar-refractivity contribution in [1.29, 1.82) is 0 Å². The lowest BCUT2D eigenvalue weighted by Crippen LogP contribution is -2.36. The molecule has 1 heterocycles. The minimum Gasteiger partial charge on any atom is -0.491 e. The van der Waals surface area contributed by atoms with Gasteiger partial charge in [-0.1, -0.05) is 24.3 Å². The van der Waals surface area contributed by atoms with Gasteiger partial charge in [0.15, 0.2) is 0 Å². The van der Waals surface area contributed by atoms with Crippen LogP contribution in [0.3, 0.4) is 0 Å². The monoisotopic (exact) mass is 410 g/mol. The molecule has 0 bridgehead atoms. The van der Waals surface area contributed by atoms with Crippen molar-refractivity contribution in [2.24, 2.45) is 0 Å². The highest BCUT2D eigenvalue weighted by molar-refractivity contribution is 7.10. The van der Waals surface area contributed by atoms with Crippen LogP contribution in [0.4, 0.5) is 0 Å². The van der Waals surface area contributed by atoms with Crippen LogP contribution < -0.4 is 10.1 Å². The molecule has 9 heteroatoms. The van der Waals surface area contributed by atoms with Gasteiger partial charge in [-0.15, -0.1) is 11.3 Å². The zero-order valence-corrected chi connectivity index (χ0v) is 16.6. The smallest absolute Gasteiger partial charge is 0.414 e. The SMILES string of the molecule is CN(C)C(CNCC(O)COc1ccccc1)c1cccs1.O=C(O)C(=O)O. The number of aliphatic hydroxyl groups is 1. The number of nitrogens with one attached hydrogen (secondary N) is 1. The average Bonchev–Trinajstić information content (AvgIpc) is 3.18. The number of likely N-dealkylation sites (N-methyl/N-ethyl adjacent to an activating group) is 1. The summed E-state index contributed by atoms with van der Waals surface area (Å²) in [5, 5.41) is 30.2. The van der Waals surface area contributed by atoms with Gasteiger partial charge in [0.1, 0.15) is 18.5 Å². The van der Waals surface area contributed by atoms with E-state index >= 15 is 0 Å². The van der Waals surface area contributed by atoms with Gasteiger partial charge in [0, 0.05) is 18.0 Å². The molecule has 2 atom stereocenters. The zero-order chi connectivity index (χ0) is 20.9. The fourth-order valence-corrected chi connectivity index (χ4v) is 3.10. The van der Waals surface area contributed by atoms with E-state index in [4.69, 9.17) is 24.5 Å². The fourth-order valence-electron chi connectivity index (χ4n) is 2.17. The maximum absolute atomic E-state index is 9.99. The van der Waals surface area contributed by atoms with Crippen molar-refractivity contribution in [2.45, 2.75) is 12.1 Å². The molecule has 0 aliphatic heterocycles. The Morgan fingerprint density at radius 2 is 1.71 bits per heavy atom. The van der Waals surface area contributed by atoms with Crippen LogP contribution in [-0.4, -0.2) is 72.1 Å². The van der Waals surface area contributed by atoms with E-state index in [-0.39, 0.29) is 0 Å². The summed E-state index contributed by atoms with van der Waals surface area (Å²) in [7, 11) is 4.14. The Morgan fingerprint density at radius 3 is 2.21 bits per heavy atom. The number of aliphatic carboxylic acids is 2. The number of thiophene rings is 1. The molecular formula is C19H26N2O6S. The van der Waals surface area contributed by atoms with Crippen molar-refractivity contribution < 1.29 is 29.6 Å². The van der Waals surface area contributed by atoms with Crippen molar-refractivity contribution >= 4 is 23.3 Å². The van der Waals surface area contributed by atoms with Crippen LogP contribution in [0.5, 0.6) is 5.75 Å². The minimum absolute atomic E-state index is 0.294. The molecule has 1 aromatic carbocycles. The third kappa shape index (κ3) is 9.47. The summed E-state index contributed by atoms with van der Waals surface area (Å²) in [6.45, 7) is 1.61. The molecule has 0 spiro atoms. The molecule has 2 aromatic rings. The highest BCUT2D eigenvalue weighted by atomic mass is 32.1. The highest BCUT2D eigenvalue weighted by Crippen LogP contribution is 2.22. The first-order valence-corrected chi connectivity index (χ1v) is 9.42. The van der Waals surface area contributed by atoms with Gasteiger partial charge in [0.2, 0.25) is 0 Å². The van der Waals surface area contributed by atoms with E-state index in [1.165, 1.54) is 4.88 Å². The van der Waals surface area contributed by atoms with Crippen LogP contribution in [0.25, 0.3) is 0 Å². The van der Waals surface area contributed by atoms with Crippen LogP contribution in [0.1, 0.15) is 10.9 Å². The second kappa shape index (κ2) is 12.8. The van der Waals surface area contributed by atoms with Crippen LogP contribution >= 0.6 is 11.3 Å². The molecule has 2 rings (SSSR count). The number of benzene rings is 1. The summed E-state index contributed by atoms with van der Waals surface area (Å²) in [5.41, 5.74) is 0. The molecule has 1 aromatic heterocycles. The van der Waals surface area contributed by atoms with Gasteiger partial charge in [-0.2, -0.15) is 0 Å². The maximum atomic E-state index is 9.99. The fraction of sp³-hybridized carbons (Fsp3) is 0.368. The Morgan fingerprint density at radius 1 is 1.07 bits per heavy atom. The molecule has 0 aliphatic carbocycles. The number of aliphatic hydroxyl groups excluding tert-OH is 1. The van der Waals surface area contributed by atoms with Crippen LogP contribution in [-0.2, 0) is 9.59 Å². The van der Waals surface area contributed by atoms with Crippen molar-refractivity contribution in [2.75, 3.05) is 33.8 Å². The van der Waals surface area contributed by atoms with Gasteiger partial charge in [0.25, 0.3) is 0 Å². The van der Waals surface area contributed by atoms with Crippen molar-refractivity contribution in [3.05, 3.63) is 52.7 Å². The number of ether oxygens (including phenoxy) is 1. The number of carboxylic acids is 2. The molecule has 2 unspecified atom stereocenters. The van der Waals surface area contributed by atoms with Gasteiger partial charge in [-0.05, 0) is 37.7 Å². The molecular weight excluding hydrogens is 384 g/mol. The van der Waals surface area contributed by atoms with Crippen LogP contribution in [0, 0.1) is 0 Å². The van der Waals surface area contributed by atoms with Gasteiger partial charge < -0.3 is 30.3 Å². The molecule has 0 amide bonds. The molecule has 0 saturated carbocycles. The maximum Gasteiger partial charge on any atom is 0.414 e. The first kappa shape index (κ1) is 23.6. The first-order valence-electron chi connectivity index (χ1n) is 8.54. The van der Waals surface area contributed by atoms with Gasteiger partial charge >= 0.3 is 11.9 Å². The Balaban J connectivity index is 0.000000568. The van der Waals surface area contributed by atoms with Gasteiger partial charge in [-0.3, -0.25) is 0 Å². The van der Waals surface area contributed by atoms with Crippen molar-refractivity contribution in [1.82, 2.24) is 10.2 Å². The highest BCUT2D eigenvalue weighted by Gasteiger charge is 2.15. The third-order valence-electron chi connectivity index (χ3n) is 3.58.